The number of carbonyl (C=O) groups is 1. The largest absolute Gasteiger partial charge is 0.490 e. The first-order chi connectivity index (χ1) is 12.7. The van der Waals surface area contributed by atoms with Gasteiger partial charge in [0.25, 0.3) is 5.91 Å². The van der Waals surface area contributed by atoms with Gasteiger partial charge in [-0.1, -0.05) is 0 Å². The summed E-state index contributed by atoms with van der Waals surface area (Å²) in [4.78, 5) is 12.6. The van der Waals surface area contributed by atoms with E-state index in [4.69, 9.17) is 18.9 Å². The van der Waals surface area contributed by atoms with E-state index in [1.807, 2.05) is 20.8 Å². The van der Waals surface area contributed by atoms with Gasteiger partial charge >= 0.3 is 0 Å². The minimum Gasteiger partial charge on any atom is -0.490 e. The number of benzene rings is 1. The highest BCUT2D eigenvalue weighted by atomic mass is 16.5. The fourth-order valence-corrected chi connectivity index (χ4v) is 3.05. The van der Waals surface area contributed by atoms with Gasteiger partial charge in [0.2, 0.25) is 5.75 Å². The van der Waals surface area contributed by atoms with Crippen molar-refractivity contribution in [2.75, 3.05) is 39.6 Å². The highest BCUT2D eigenvalue weighted by molar-refractivity contribution is 5.95. The van der Waals surface area contributed by atoms with Gasteiger partial charge in [0.15, 0.2) is 11.5 Å². The predicted molar refractivity (Wildman–Crippen MR) is 100 cm³/mol. The van der Waals surface area contributed by atoms with Crippen molar-refractivity contribution in [3.63, 3.8) is 0 Å². The molecule has 146 valence electrons. The average Bonchev–Trinajstić information content (AvgIpc) is 2.65. The van der Waals surface area contributed by atoms with Crippen LogP contribution in [0, 0.1) is 5.92 Å². The van der Waals surface area contributed by atoms with E-state index in [0.717, 1.165) is 32.5 Å². The Balaban J connectivity index is 2.06. The lowest BCUT2D eigenvalue weighted by Crippen LogP contribution is -2.27. The summed E-state index contributed by atoms with van der Waals surface area (Å²) in [5.74, 6) is 2.13. The number of ether oxygens (including phenoxy) is 4. The molecule has 1 heterocycles. The maximum Gasteiger partial charge on any atom is 0.251 e. The Hall–Kier alpha value is -1.95. The number of hydrogen-bond donors (Lipinski definition) is 1. The van der Waals surface area contributed by atoms with Gasteiger partial charge in [-0.3, -0.25) is 4.79 Å². The third kappa shape index (κ3) is 5.80. The second-order valence-electron chi connectivity index (χ2n) is 6.20. The minimum atomic E-state index is -0.123. The van der Waals surface area contributed by atoms with Crippen molar-refractivity contribution in [2.24, 2.45) is 5.92 Å². The van der Waals surface area contributed by atoms with E-state index >= 15 is 0 Å². The molecule has 1 aliphatic heterocycles. The van der Waals surface area contributed by atoms with Gasteiger partial charge in [-0.2, -0.15) is 0 Å². The number of rotatable bonds is 10. The normalized spacial score (nSPS) is 14.7. The summed E-state index contributed by atoms with van der Waals surface area (Å²) in [5.41, 5.74) is 0.521. The maximum atomic E-state index is 12.6. The van der Waals surface area contributed by atoms with E-state index in [1.165, 1.54) is 0 Å². The van der Waals surface area contributed by atoms with Crippen LogP contribution in [0.4, 0.5) is 0 Å². The lowest BCUT2D eigenvalue weighted by atomic mass is 9.96. The predicted octanol–water partition coefficient (Wildman–Crippen LogP) is 3.43. The molecule has 1 aromatic rings. The Morgan fingerprint density at radius 3 is 2.15 bits per heavy atom. The molecule has 6 heteroatoms. The standard InChI is InChI=1S/C20H31NO5/c1-4-24-17-13-16(14-18(25-5-2)19(17)26-6-3)20(22)21-10-7-15-8-11-23-12-9-15/h13-15H,4-12H2,1-3H3,(H,21,22). The topological polar surface area (TPSA) is 66.0 Å². The van der Waals surface area contributed by atoms with E-state index in [1.54, 1.807) is 12.1 Å². The quantitative estimate of drug-likeness (QED) is 0.688. The molecule has 1 fully saturated rings. The summed E-state index contributed by atoms with van der Waals surface area (Å²) < 4.78 is 22.4. The first kappa shape index (κ1) is 20.4. The van der Waals surface area contributed by atoms with Crippen LogP contribution in [0.3, 0.4) is 0 Å². The SMILES string of the molecule is CCOc1cc(C(=O)NCCC2CCOCC2)cc(OCC)c1OCC. The summed E-state index contributed by atoms with van der Waals surface area (Å²) in [6.07, 6.45) is 3.12. The molecule has 1 saturated heterocycles. The smallest absolute Gasteiger partial charge is 0.251 e. The number of amides is 1. The molecule has 1 aromatic carbocycles. The van der Waals surface area contributed by atoms with Crippen molar-refractivity contribution in [3.8, 4) is 17.2 Å². The zero-order chi connectivity index (χ0) is 18.8. The van der Waals surface area contributed by atoms with Gasteiger partial charge in [0.05, 0.1) is 19.8 Å². The van der Waals surface area contributed by atoms with Crippen LogP contribution in [0.2, 0.25) is 0 Å². The Kier molecular flexibility index (Phi) is 8.54. The third-order valence-electron chi connectivity index (χ3n) is 4.35. The molecular formula is C20H31NO5. The van der Waals surface area contributed by atoms with Crippen molar-refractivity contribution in [2.45, 2.75) is 40.0 Å². The summed E-state index contributed by atoms with van der Waals surface area (Å²) in [6.45, 7) is 9.48. The average molecular weight is 365 g/mol. The molecule has 0 atom stereocenters. The molecule has 0 saturated carbocycles. The van der Waals surface area contributed by atoms with Gasteiger partial charge in [-0.15, -0.1) is 0 Å². The minimum absolute atomic E-state index is 0.123. The van der Waals surface area contributed by atoms with Gasteiger partial charge in [-0.05, 0) is 58.1 Å². The first-order valence-corrected chi connectivity index (χ1v) is 9.61. The molecule has 0 aromatic heterocycles. The molecule has 6 nitrogen and oxygen atoms in total. The molecule has 1 N–H and O–H groups in total. The van der Waals surface area contributed by atoms with Gasteiger partial charge in [0.1, 0.15) is 0 Å². The van der Waals surface area contributed by atoms with Crippen LogP contribution in [-0.2, 0) is 4.74 Å². The summed E-state index contributed by atoms with van der Waals surface area (Å²) in [7, 11) is 0. The van der Waals surface area contributed by atoms with Crippen LogP contribution in [0.1, 0.15) is 50.4 Å². The molecule has 1 amide bonds. The number of carbonyl (C=O) groups excluding carboxylic acids is 1. The van der Waals surface area contributed by atoms with Crippen molar-refractivity contribution in [1.29, 1.82) is 0 Å². The molecule has 0 radical (unpaired) electrons. The molecule has 2 rings (SSSR count). The van der Waals surface area contributed by atoms with E-state index in [0.29, 0.717) is 55.1 Å². The zero-order valence-electron chi connectivity index (χ0n) is 16.1. The molecule has 0 bridgehead atoms. The Bertz CT molecular complexity index is 542. The molecule has 26 heavy (non-hydrogen) atoms. The highest BCUT2D eigenvalue weighted by Gasteiger charge is 2.19. The fraction of sp³-hybridized carbons (Fsp3) is 0.650. The second-order valence-corrected chi connectivity index (χ2v) is 6.20. The molecule has 0 spiro atoms. The lowest BCUT2D eigenvalue weighted by Gasteiger charge is -2.22. The van der Waals surface area contributed by atoms with Gasteiger partial charge in [-0.25, -0.2) is 0 Å². The van der Waals surface area contributed by atoms with Crippen LogP contribution in [-0.4, -0.2) is 45.5 Å². The highest BCUT2D eigenvalue weighted by Crippen LogP contribution is 2.39. The monoisotopic (exact) mass is 365 g/mol. The fourth-order valence-electron chi connectivity index (χ4n) is 3.05. The second kappa shape index (κ2) is 10.9. The van der Waals surface area contributed by atoms with Crippen molar-refractivity contribution in [1.82, 2.24) is 5.32 Å². The zero-order valence-corrected chi connectivity index (χ0v) is 16.1. The van der Waals surface area contributed by atoms with Crippen LogP contribution >= 0.6 is 0 Å². The van der Waals surface area contributed by atoms with Crippen molar-refractivity contribution < 1.29 is 23.7 Å². The Labute approximate surface area is 156 Å². The van der Waals surface area contributed by atoms with Crippen molar-refractivity contribution in [3.05, 3.63) is 17.7 Å². The third-order valence-corrected chi connectivity index (χ3v) is 4.35. The Morgan fingerprint density at radius 2 is 1.62 bits per heavy atom. The van der Waals surface area contributed by atoms with E-state index < -0.39 is 0 Å². The van der Waals surface area contributed by atoms with Gasteiger partial charge in [0, 0.05) is 25.3 Å². The summed E-state index contributed by atoms with van der Waals surface area (Å²) >= 11 is 0. The van der Waals surface area contributed by atoms with E-state index in [2.05, 4.69) is 5.32 Å². The van der Waals surface area contributed by atoms with Crippen LogP contribution in [0.25, 0.3) is 0 Å². The van der Waals surface area contributed by atoms with E-state index in [9.17, 15) is 4.79 Å². The molecular weight excluding hydrogens is 334 g/mol. The number of nitrogens with one attached hydrogen (secondary N) is 1. The van der Waals surface area contributed by atoms with Crippen LogP contribution < -0.4 is 19.5 Å². The molecule has 0 aliphatic carbocycles. The lowest BCUT2D eigenvalue weighted by molar-refractivity contribution is 0.0636. The Morgan fingerprint density at radius 1 is 1.04 bits per heavy atom. The van der Waals surface area contributed by atoms with Gasteiger partial charge < -0.3 is 24.3 Å². The maximum absolute atomic E-state index is 12.6. The molecule has 0 unspecified atom stereocenters. The summed E-state index contributed by atoms with van der Waals surface area (Å²) in [5, 5.41) is 3.00. The molecule has 1 aliphatic rings. The van der Waals surface area contributed by atoms with Crippen molar-refractivity contribution >= 4 is 5.91 Å². The summed E-state index contributed by atoms with van der Waals surface area (Å²) in [6, 6.07) is 3.45. The number of hydrogen-bond acceptors (Lipinski definition) is 5. The van der Waals surface area contributed by atoms with Crippen LogP contribution in [0.15, 0.2) is 12.1 Å². The van der Waals surface area contributed by atoms with E-state index in [-0.39, 0.29) is 5.91 Å². The first-order valence-electron chi connectivity index (χ1n) is 9.61. The van der Waals surface area contributed by atoms with Crippen LogP contribution in [0.5, 0.6) is 17.2 Å².